The minimum absolute atomic E-state index is 0.419. The lowest BCUT2D eigenvalue weighted by atomic mass is 9.70. The van der Waals surface area contributed by atoms with Crippen molar-refractivity contribution in [1.29, 1.82) is 0 Å². The van der Waals surface area contributed by atoms with Crippen LogP contribution in [-0.4, -0.2) is 4.57 Å². The first-order valence-electron chi connectivity index (χ1n) is 23.2. The van der Waals surface area contributed by atoms with Gasteiger partial charge in [0.2, 0.25) is 0 Å². The first kappa shape index (κ1) is 38.3. The number of aromatic nitrogens is 1. The molecule has 1 heterocycles. The summed E-state index contributed by atoms with van der Waals surface area (Å²) < 4.78 is 2.38. The highest BCUT2D eigenvalue weighted by atomic mass is 15.1. The minimum Gasteiger partial charge on any atom is -0.310 e. The topological polar surface area (TPSA) is 8.17 Å². The zero-order chi connectivity index (χ0) is 43.9. The van der Waals surface area contributed by atoms with Crippen LogP contribution in [0.2, 0.25) is 0 Å². The second-order valence-electron chi connectivity index (χ2n) is 18.2. The van der Waals surface area contributed by atoms with Gasteiger partial charge in [0, 0.05) is 33.4 Å². The highest BCUT2D eigenvalue weighted by molar-refractivity contribution is 6.09. The predicted octanol–water partition coefficient (Wildman–Crippen LogP) is 17.1. The lowest BCUT2D eigenvalue weighted by molar-refractivity contribution is 0.793. The van der Waals surface area contributed by atoms with Crippen molar-refractivity contribution >= 4 is 38.9 Å². The molecular formula is C64H46N2. The molecule has 0 saturated heterocycles. The van der Waals surface area contributed by atoms with E-state index in [0.717, 1.165) is 17.1 Å². The molecule has 2 heteroatoms. The quantitative estimate of drug-likeness (QED) is 0.155. The van der Waals surface area contributed by atoms with E-state index in [1.54, 1.807) is 0 Å². The number of hydrogen-bond acceptors (Lipinski definition) is 1. The molecule has 2 nitrogen and oxygen atoms in total. The first-order chi connectivity index (χ1) is 32.6. The van der Waals surface area contributed by atoms with Gasteiger partial charge >= 0.3 is 0 Å². The van der Waals surface area contributed by atoms with Crippen molar-refractivity contribution in [2.45, 2.75) is 25.2 Å². The van der Waals surface area contributed by atoms with Crippen molar-refractivity contribution in [3.8, 4) is 50.2 Å². The predicted molar refractivity (Wildman–Crippen MR) is 277 cm³/mol. The molecule has 66 heavy (non-hydrogen) atoms. The van der Waals surface area contributed by atoms with Crippen LogP contribution in [0.15, 0.2) is 237 Å². The van der Waals surface area contributed by atoms with Crippen LogP contribution in [0.3, 0.4) is 0 Å². The molecule has 13 rings (SSSR count). The van der Waals surface area contributed by atoms with E-state index in [9.17, 15) is 0 Å². The molecular weight excluding hydrogens is 797 g/mol. The van der Waals surface area contributed by atoms with Crippen LogP contribution in [0.1, 0.15) is 47.6 Å². The molecule has 10 aromatic carbocycles. The molecule has 1 aromatic heterocycles. The summed E-state index contributed by atoms with van der Waals surface area (Å²) >= 11 is 0. The Bertz CT molecular complexity index is 3550. The fourth-order valence-corrected chi connectivity index (χ4v) is 11.6. The van der Waals surface area contributed by atoms with E-state index in [0.29, 0.717) is 5.92 Å². The Morgan fingerprint density at radius 1 is 0.364 bits per heavy atom. The number of para-hydroxylation sites is 2. The Hall–Kier alpha value is -8.20. The van der Waals surface area contributed by atoms with E-state index in [1.807, 2.05) is 0 Å². The Kier molecular flexibility index (Phi) is 8.66. The lowest BCUT2D eigenvalue weighted by Crippen LogP contribution is -2.28. The third-order valence-electron chi connectivity index (χ3n) is 14.4. The van der Waals surface area contributed by atoms with Crippen LogP contribution in [0.4, 0.5) is 17.1 Å². The number of rotatable bonds is 7. The van der Waals surface area contributed by atoms with Gasteiger partial charge in [0.1, 0.15) is 0 Å². The molecule has 0 radical (unpaired) electrons. The van der Waals surface area contributed by atoms with Crippen LogP contribution in [0.25, 0.3) is 72.0 Å². The van der Waals surface area contributed by atoms with E-state index in [4.69, 9.17) is 0 Å². The molecule has 0 unspecified atom stereocenters. The third kappa shape index (κ3) is 5.55. The van der Waals surface area contributed by atoms with E-state index in [-0.39, 0.29) is 0 Å². The molecule has 0 saturated carbocycles. The summed E-state index contributed by atoms with van der Waals surface area (Å²) in [4.78, 5) is 2.50. The fourth-order valence-electron chi connectivity index (χ4n) is 11.6. The van der Waals surface area contributed by atoms with Crippen LogP contribution >= 0.6 is 0 Å². The van der Waals surface area contributed by atoms with Crippen molar-refractivity contribution in [2.75, 3.05) is 4.90 Å². The highest BCUT2D eigenvalue weighted by Gasteiger charge is 2.53. The van der Waals surface area contributed by atoms with Gasteiger partial charge in [0.25, 0.3) is 0 Å². The average Bonchev–Trinajstić information content (AvgIpc) is 3.99. The number of anilines is 3. The van der Waals surface area contributed by atoms with Crippen molar-refractivity contribution in [3.63, 3.8) is 0 Å². The Morgan fingerprint density at radius 2 is 0.788 bits per heavy atom. The minimum atomic E-state index is -0.498. The largest absolute Gasteiger partial charge is 0.310 e. The average molecular weight is 843 g/mol. The van der Waals surface area contributed by atoms with Crippen molar-refractivity contribution in [1.82, 2.24) is 4.57 Å². The zero-order valence-electron chi connectivity index (χ0n) is 37.0. The SMILES string of the molecule is CC(C)c1ccccc1-c1ccc(N(c2ccc(-c3ccc(-n4c5ccccc5c5ccccc54)cc3)cc2)c2cccc3c2C2(c4ccccc4-c4ccccc42)c2ccccc2-3)cc1. The molecule has 0 amide bonds. The molecule has 0 aliphatic heterocycles. The van der Waals surface area contributed by atoms with Gasteiger partial charge < -0.3 is 9.47 Å². The molecule has 312 valence electrons. The Labute approximate surface area is 386 Å². The van der Waals surface area contributed by atoms with E-state index < -0.39 is 5.41 Å². The first-order valence-corrected chi connectivity index (χ1v) is 23.2. The fraction of sp³-hybridized carbons (Fsp3) is 0.0625. The summed E-state index contributed by atoms with van der Waals surface area (Å²) in [6.07, 6.45) is 0. The molecule has 2 aliphatic carbocycles. The number of nitrogens with zero attached hydrogens (tertiary/aromatic N) is 2. The van der Waals surface area contributed by atoms with E-state index in [1.165, 1.54) is 99.8 Å². The normalized spacial score (nSPS) is 13.0. The summed E-state index contributed by atoms with van der Waals surface area (Å²) in [6.45, 7) is 4.56. The standard InChI is InChI=1S/C64H46N2/c1-42(2)49-16-3-4-17-50(49)45-34-40-47(41-35-45)65(46-36-30-43(31-37-46)44-32-38-48(39-33-44)66-60-27-13-8-21-54(60)55-22-9-14-28-61(55)66)62-29-15-23-56-53-20-7-12-26-59(53)64(63(56)62)57-24-10-5-18-51(57)52-19-6-11-25-58(52)64/h3-42H,1-2H3. The van der Waals surface area contributed by atoms with Gasteiger partial charge in [-0.05, 0) is 127 Å². The lowest BCUT2D eigenvalue weighted by Gasteiger charge is -2.36. The number of benzene rings is 10. The molecule has 0 bridgehead atoms. The maximum absolute atomic E-state index is 2.50. The number of hydrogen-bond donors (Lipinski definition) is 0. The molecule has 11 aromatic rings. The van der Waals surface area contributed by atoms with Crippen molar-refractivity contribution in [2.24, 2.45) is 0 Å². The van der Waals surface area contributed by atoms with Gasteiger partial charge in [-0.2, -0.15) is 0 Å². The van der Waals surface area contributed by atoms with E-state index in [2.05, 4.69) is 260 Å². The van der Waals surface area contributed by atoms with Crippen LogP contribution in [0.5, 0.6) is 0 Å². The molecule has 0 atom stereocenters. The zero-order valence-corrected chi connectivity index (χ0v) is 37.0. The van der Waals surface area contributed by atoms with Gasteiger partial charge in [-0.25, -0.2) is 0 Å². The summed E-state index contributed by atoms with van der Waals surface area (Å²) in [5, 5.41) is 2.54. The van der Waals surface area contributed by atoms with Gasteiger partial charge in [-0.15, -0.1) is 0 Å². The van der Waals surface area contributed by atoms with E-state index >= 15 is 0 Å². The molecule has 0 N–H and O–H groups in total. The van der Waals surface area contributed by atoms with Gasteiger partial charge in [-0.3, -0.25) is 0 Å². The Balaban J connectivity index is 0.975. The summed E-state index contributed by atoms with van der Waals surface area (Å²) in [5.41, 5.74) is 23.2. The number of fused-ring (bicyclic) bond motifs is 13. The smallest absolute Gasteiger partial charge is 0.0746 e. The second-order valence-corrected chi connectivity index (χ2v) is 18.2. The maximum Gasteiger partial charge on any atom is 0.0746 e. The van der Waals surface area contributed by atoms with Crippen LogP contribution in [-0.2, 0) is 5.41 Å². The van der Waals surface area contributed by atoms with Crippen LogP contribution in [0, 0.1) is 0 Å². The third-order valence-corrected chi connectivity index (χ3v) is 14.4. The highest BCUT2D eigenvalue weighted by Crippen LogP contribution is 2.65. The molecule has 1 spiro atoms. The second kappa shape index (κ2) is 14.9. The summed E-state index contributed by atoms with van der Waals surface area (Å²) in [6, 6.07) is 87.9. The van der Waals surface area contributed by atoms with Gasteiger partial charge in [-0.1, -0.05) is 196 Å². The van der Waals surface area contributed by atoms with Crippen LogP contribution < -0.4 is 4.90 Å². The van der Waals surface area contributed by atoms with Crippen molar-refractivity contribution < 1.29 is 0 Å². The summed E-state index contributed by atoms with van der Waals surface area (Å²) in [7, 11) is 0. The summed E-state index contributed by atoms with van der Waals surface area (Å²) in [5.74, 6) is 0.419. The maximum atomic E-state index is 2.50. The Morgan fingerprint density at radius 3 is 1.33 bits per heavy atom. The molecule has 0 fully saturated rings. The van der Waals surface area contributed by atoms with Gasteiger partial charge in [0.05, 0.1) is 22.1 Å². The monoisotopic (exact) mass is 842 g/mol. The van der Waals surface area contributed by atoms with Gasteiger partial charge in [0.15, 0.2) is 0 Å². The van der Waals surface area contributed by atoms with Crippen molar-refractivity contribution in [3.05, 3.63) is 264 Å². The molecule has 2 aliphatic rings.